The predicted octanol–water partition coefficient (Wildman–Crippen LogP) is 4.18. The Bertz CT molecular complexity index is 1110. The molecule has 2 aromatic heterocycles. The Hall–Kier alpha value is -2.74. The molecule has 2 aliphatic heterocycles. The van der Waals surface area contributed by atoms with E-state index in [0.717, 1.165) is 56.6 Å². The number of nitrogens with zero attached hydrogens (tertiary/aromatic N) is 4. The molecule has 0 bridgehead atoms. The largest absolute Gasteiger partial charge is 0.379 e. The van der Waals surface area contributed by atoms with Crippen LogP contribution >= 0.6 is 12.2 Å². The molecule has 3 aromatic rings. The lowest BCUT2D eigenvalue weighted by atomic mass is 9.96. The second-order valence-corrected chi connectivity index (χ2v) is 9.51. The van der Waals surface area contributed by atoms with Gasteiger partial charge >= 0.3 is 0 Å². The first-order valence-corrected chi connectivity index (χ1v) is 12.6. The number of thiocarbonyl (C=S) groups is 1. The molecular weight excluding hydrogens is 442 g/mol. The summed E-state index contributed by atoms with van der Waals surface area (Å²) in [5, 5.41) is 4.42. The number of hydrogen-bond donors (Lipinski definition) is 1. The fraction of sp³-hybridized carbons (Fsp3) is 0.407. The number of nitrogens with one attached hydrogen (secondary N) is 1. The molecule has 2 unspecified atom stereocenters. The average Bonchev–Trinajstić information content (AvgIpc) is 3.35. The van der Waals surface area contributed by atoms with Gasteiger partial charge in [0.05, 0.1) is 31.0 Å². The van der Waals surface area contributed by atoms with Crippen LogP contribution in [0.1, 0.15) is 41.1 Å². The van der Waals surface area contributed by atoms with Gasteiger partial charge in [0.2, 0.25) is 0 Å². The van der Waals surface area contributed by atoms with Crippen LogP contribution in [0.15, 0.2) is 60.8 Å². The first-order valence-electron chi connectivity index (χ1n) is 12.2. The van der Waals surface area contributed by atoms with Gasteiger partial charge in [-0.25, -0.2) is 0 Å². The minimum absolute atomic E-state index is 0.0156. The molecule has 5 rings (SSSR count). The zero-order chi connectivity index (χ0) is 23.5. The van der Waals surface area contributed by atoms with Crippen LogP contribution in [0.4, 0.5) is 0 Å². The summed E-state index contributed by atoms with van der Waals surface area (Å²) < 4.78 is 7.85. The Morgan fingerprint density at radius 3 is 2.53 bits per heavy atom. The quantitative estimate of drug-likeness (QED) is 0.517. The molecule has 1 aromatic carbocycles. The van der Waals surface area contributed by atoms with Crippen molar-refractivity contribution < 1.29 is 4.74 Å². The standard InChI is InChI=1S/C27H33N5OS/c1-20-19-23(21(2)32(20)22-9-4-3-5-10-22)26-25(24-11-6-7-12-28-24)29-27(34)31(26)14-8-13-30-15-17-33-18-16-30/h3-7,9-12,19,25-26H,8,13-18H2,1-2H3,(H,29,34). The van der Waals surface area contributed by atoms with E-state index < -0.39 is 0 Å². The van der Waals surface area contributed by atoms with Gasteiger partial charge in [-0.05, 0) is 68.4 Å². The second kappa shape index (κ2) is 10.3. The summed E-state index contributed by atoms with van der Waals surface area (Å²) in [5.74, 6) is 0. The molecule has 0 aliphatic carbocycles. The fourth-order valence-electron chi connectivity index (χ4n) is 5.34. The number of morpholine rings is 1. The summed E-state index contributed by atoms with van der Waals surface area (Å²) in [6.45, 7) is 10.1. The molecule has 2 aliphatic rings. The van der Waals surface area contributed by atoms with Crippen LogP contribution in [0, 0.1) is 13.8 Å². The minimum Gasteiger partial charge on any atom is -0.379 e. The smallest absolute Gasteiger partial charge is 0.170 e. The molecule has 0 saturated carbocycles. The van der Waals surface area contributed by atoms with Crippen LogP contribution in [0.3, 0.4) is 0 Å². The molecule has 0 amide bonds. The second-order valence-electron chi connectivity index (χ2n) is 9.12. The SMILES string of the molecule is Cc1cc(C2C(c3ccccn3)NC(=S)N2CCCN2CCOCC2)c(C)n1-c1ccccc1. The van der Waals surface area contributed by atoms with Crippen molar-refractivity contribution in [2.45, 2.75) is 32.4 Å². The van der Waals surface area contributed by atoms with Crippen molar-refractivity contribution in [1.82, 2.24) is 24.7 Å². The number of pyridine rings is 1. The van der Waals surface area contributed by atoms with E-state index in [0.29, 0.717) is 0 Å². The number of benzene rings is 1. The molecule has 0 spiro atoms. The number of ether oxygens (including phenoxy) is 1. The Kier molecular flexibility index (Phi) is 6.94. The van der Waals surface area contributed by atoms with Crippen LogP contribution in [-0.2, 0) is 4.74 Å². The van der Waals surface area contributed by atoms with Gasteiger partial charge in [0.25, 0.3) is 0 Å². The highest BCUT2D eigenvalue weighted by Crippen LogP contribution is 2.41. The van der Waals surface area contributed by atoms with Crippen LogP contribution in [-0.4, -0.2) is 63.9 Å². The van der Waals surface area contributed by atoms with Crippen LogP contribution in [0.25, 0.3) is 5.69 Å². The van der Waals surface area contributed by atoms with E-state index in [9.17, 15) is 0 Å². The third-order valence-electron chi connectivity index (χ3n) is 6.98. The fourth-order valence-corrected chi connectivity index (χ4v) is 5.67. The van der Waals surface area contributed by atoms with E-state index >= 15 is 0 Å². The summed E-state index contributed by atoms with van der Waals surface area (Å²) in [4.78, 5) is 9.57. The molecule has 4 heterocycles. The first-order chi connectivity index (χ1) is 16.6. The third kappa shape index (κ3) is 4.60. The highest BCUT2D eigenvalue weighted by Gasteiger charge is 2.41. The Morgan fingerprint density at radius 2 is 1.79 bits per heavy atom. The highest BCUT2D eigenvalue weighted by molar-refractivity contribution is 7.80. The molecule has 34 heavy (non-hydrogen) atoms. The average molecular weight is 476 g/mol. The Morgan fingerprint density at radius 1 is 1.03 bits per heavy atom. The summed E-state index contributed by atoms with van der Waals surface area (Å²) in [6, 6.07) is 19.1. The molecule has 0 radical (unpaired) electrons. The Labute approximate surface area is 207 Å². The van der Waals surface area contributed by atoms with Gasteiger partial charge in [-0.3, -0.25) is 9.88 Å². The van der Waals surface area contributed by atoms with Gasteiger partial charge < -0.3 is 19.5 Å². The molecule has 2 fully saturated rings. The maximum Gasteiger partial charge on any atom is 0.170 e. The maximum atomic E-state index is 5.89. The van der Waals surface area contributed by atoms with Crippen LogP contribution in [0.5, 0.6) is 0 Å². The van der Waals surface area contributed by atoms with Crippen molar-refractivity contribution in [2.24, 2.45) is 0 Å². The van der Waals surface area contributed by atoms with Gasteiger partial charge in [-0.2, -0.15) is 0 Å². The molecule has 7 heteroatoms. The zero-order valence-corrected chi connectivity index (χ0v) is 20.8. The topological polar surface area (TPSA) is 45.6 Å². The molecule has 1 N–H and O–H groups in total. The highest BCUT2D eigenvalue weighted by atomic mass is 32.1. The van der Waals surface area contributed by atoms with Crippen molar-refractivity contribution in [3.63, 3.8) is 0 Å². The van der Waals surface area contributed by atoms with Gasteiger partial charge in [0.15, 0.2) is 5.11 Å². The number of rotatable bonds is 7. The Balaban J connectivity index is 1.46. The monoisotopic (exact) mass is 475 g/mol. The minimum atomic E-state index is 0.0156. The van der Waals surface area contributed by atoms with Crippen molar-refractivity contribution in [1.29, 1.82) is 0 Å². The van der Waals surface area contributed by atoms with Crippen molar-refractivity contribution in [3.05, 3.63) is 83.4 Å². The summed E-state index contributed by atoms with van der Waals surface area (Å²) in [5.41, 5.74) is 5.99. The summed E-state index contributed by atoms with van der Waals surface area (Å²) in [6.07, 6.45) is 2.93. The van der Waals surface area contributed by atoms with Gasteiger partial charge in [-0.1, -0.05) is 24.3 Å². The molecule has 2 atom stereocenters. The van der Waals surface area contributed by atoms with Gasteiger partial charge in [-0.15, -0.1) is 0 Å². The maximum absolute atomic E-state index is 5.89. The van der Waals surface area contributed by atoms with E-state index in [1.54, 1.807) is 0 Å². The lowest BCUT2D eigenvalue weighted by molar-refractivity contribution is 0.0365. The van der Waals surface area contributed by atoms with Crippen LogP contribution in [0.2, 0.25) is 0 Å². The normalized spacial score (nSPS) is 21.1. The molecule has 2 saturated heterocycles. The van der Waals surface area contributed by atoms with E-state index in [-0.39, 0.29) is 12.1 Å². The lowest BCUT2D eigenvalue weighted by Crippen LogP contribution is -2.39. The summed E-state index contributed by atoms with van der Waals surface area (Å²) >= 11 is 5.89. The third-order valence-corrected chi connectivity index (χ3v) is 7.33. The first kappa shape index (κ1) is 23.0. The van der Waals surface area contributed by atoms with Gasteiger partial charge in [0.1, 0.15) is 0 Å². The van der Waals surface area contributed by atoms with Crippen molar-refractivity contribution in [2.75, 3.05) is 39.4 Å². The number of aryl methyl sites for hydroxylation is 1. The van der Waals surface area contributed by atoms with Crippen LogP contribution < -0.4 is 5.32 Å². The number of hydrogen-bond acceptors (Lipinski definition) is 4. The van der Waals surface area contributed by atoms with E-state index in [4.69, 9.17) is 21.9 Å². The van der Waals surface area contributed by atoms with Crippen molar-refractivity contribution >= 4 is 17.3 Å². The number of para-hydroxylation sites is 1. The lowest BCUT2D eigenvalue weighted by Gasteiger charge is -2.30. The molecular formula is C27H33N5OS. The zero-order valence-electron chi connectivity index (χ0n) is 20.0. The molecule has 178 valence electrons. The van der Waals surface area contributed by atoms with E-state index in [1.807, 2.05) is 12.3 Å². The predicted molar refractivity (Wildman–Crippen MR) is 139 cm³/mol. The van der Waals surface area contributed by atoms with E-state index in [1.165, 1.54) is 22.6 Å². The molecule has 6 nitrogen and oxygen atoms in total. The van der Waals surface area contributed by atoms with Crippen molar-refractivity contribution in [3.8, 4) is 5.69 Å². The van der Waals surface area contributed by atoms with Gasteiger partial charge in [0, 0.05) is 49.5 Å². The van der Waals surface area contributed by atoms with E-state index in [2.05, 4.69) is 82.1 Å². The summed E-state index contributed by atoms with van der Waals surface area (Å²) in [7, 11) is 0. The number of aromatic nitrogens is 2.